The van der Waals surface area contributed by atoms with Crippen LogP contribution in [0.4, 0.5) is 5.69 Å². The van der Waals surface area contributed by atoms with Gasteiger partial charge in [-0.2, -0.15) is 0 Å². The van der Waals surface area contributed by atoms with Crippen LogP contribution in [-0.4, -0.2) is 21.2 Å². The number of aryl methyl sites for hydroxylation is 1. The zero-order valence-corrected chi connectivity index (χ0v) is 15.3. The van der Waals surface area contributed by atoms with Crippen LogP contribution in [0.1, 0.15) is 5.56 Å². The Hall–Kier alpha value is -2.38. The van der Waals surface area contributed by atoms with Gasteiger partial charge in [0, 0.05) is 12.2 Å². The van der Waals surface area contributed by atoms with E-state index in [1.807, 2.05) is 36.6 Å². The van der Waals surface area contributed by atoms with E-state index >= 15 is 0 Å². The lowest BCUT2D eigenvalue weighted by molar-refractivity contribution is -0.113. The highest BCUT2D eigenvalue weighted by atomic mass is 32.2. The van der Waals surface area contributed by atoms with Crippen molar-refractivity contribution in [1.29, 1.82) is 0 Å². The summed E-state index contributed by atoms with van der Waals surface area (Å²) in [5.41, 5.74) is 1.69. The van der Waals surface area contributed by atoms with E-state index in [1.54, 1.807) is 16.7 Å². The van der Waals surface area contributed by atoms with E-state index in [0.717, 1.165) is 11.3 Å². The van der Waals surface area contributed by atoms with Gasteiger partial charge in [0.2, 0.25) is 5.91 Å². The quantitative estimate of drug-likeness (QED) is 0.408. The molecule has 0 saturated carbocycles. The summed E-state index contributed by atoms with van der Waals surface area (Å²) in [5, 5.41) is 5.86. The van der Waals surface area contributed by atoms with Crippen LogP contribution in [0.3, 0.4) is 0 Å². The SMILES string of the molecule is C=CCn1c(SCC(=O)Nc2ccccc2C)nc2sccc2c1=O. The number of allylic oxidation sites excluding steroid dienone is 1. The lowest BCUT2D eigenvalue weighted by atomic mass is 10.2. The fraction of sp³-hybridized carbons (Fsp3) is 0.167. The van der Waals surface area contributed by atoms with Crippen molar-refractivity contribution in [2.45, 2.75) is 18.6 Å². The van der Waals surface area contributed by atoms with Crippen molar-refractivity contribution >= 4 is 44.9 Å². The zero-order chi connectivity index (χ0) is 17.8. The average molecular weight is 371 g/mol. The van der Waals surface area contributed by atoms with Crippen LogP contribution in [0.15, 0.2) is 58.3 Å². The van der Waals surface area contributed by atoms with Gasteiger partial charge in [-0.3, -0.25) is 14.2 Å². The van der Waals surface area contributed by atoms with Crippen LogP contribution in [0.2, 0.25) is 0 Å². The van der Waals surface area contributed by atoms with Crippen molar-refractivity contribution in [3.8, 4) is 0 Å². The predicted octanol–water partition coefficient (Wildman–Crippen LogP) is 3.68. The lowest BCUT2D eigenvalue weighted by Crippen LogP contribution is -2.23. The summed E-state index contributed by atoms with van der Waals surface area (Å²) in [6.07, 6.45) is 1.65. The molecule has 0 unspecified atom stereocenters. The van der Waals surface area contributed by atoms with E-state index in [0.29, 0.717) is 21.9 Å². The fourth-order valence-electron chi connectivity index (χ4n) is 2.36. The first kappa shape index (κ1) is 17.4. The van der Waals surface area contributed by atoms with E-state index in [2.05, 4.69) is 16.9 Å². The van der Waals surface area contributed by atoms with Crippen molar-refractivity contribution in [2.24, 2.45) is 0 Å². The molecular formula is C18H17N3O2S2. The Bertz CT molecular complexity index is 991. The largest absolute Gasteiger partial charge is 0.325 e. The number of nitrogens with one attached hydrogen (secondary N) is 1. The van der Waals surface area contributed by atoms with Gasteiger partial charge in [-0.25, -0.2) is 4.98 Å². The van der Waals surface area contributed by atoms with Crippen LogP contribution >= 0.6 is 23.1 Å². The Morgan fingerprint density at radius 3 is 2.96 bits per heavy atom. The molecule has 0 radical (unpaired) electrons. The van der Waals surface area contributed by atoms with Crippen molar-refractivity contribution < 1.29 is 4.79 Å². The first-order valence-corrected chi connectivity index (χ1v) is 9.54. The standard InChI is InChI=1S/C18H17N3O2S2/c1-3-9-21-17(23)13-8-10-24-16(13)20-18(21)25-11-15(22)19-14-7-5-4-6-12(14)2/h3-8,10H,1,9,11H2,2H3,(H,19,22). The molecule has 0 aliphatic heterocycles. The van der Waals surface area contributed by atoms with Gasteiger partial charge in [-0.05, 0) is 30.0 Å². The van der Waals surface area contributed by atoms with E-state index in [1.165, 1.54) is 23.1 Å². The minimum absolute atomic E-state index is 0.104. The predicted molar refractivity (Wildman–Crippen MR) is 105 cm³/mol. The number of carbonyl (C=O) groups is 1. The summed E-state index contributed by atoms with van der Waals surface area (Å²) in [6, 6.07) is 9.38. The molecule has 2 aromatic heterocycles. The highest BCUT2D eigenvalue weighted by Gasteiger charge is 2.13. The topological polar surface area (TPSA) is 64.0 Å². The summed E-state index contributed by atoms with van der Waals surface area (Å²) in [6.45, 7) is 5.99. The van der Waals surface area contributed by atoms with Gasteiger partial charge in [0.1, 0.15) is 4.83 Å². The van der Waals surface area contributed by atoms with Crippen LogP contribution in [-0.2, 0) is 11.3 Å². The molecule has 5 nitrogen and oxygen atoms in total. The first-order valence-electron chi connectivity index (χ1n) is 7.67. The minimum atomic E-state index is -0.134. The number of fused-ring (bicyclic) bond motifs is 1. The molecule has 0 spiro atoms. The highest BCUT2D eigenvalue weighted by molar-refractivity contribution is 7.99. The number of hydrogen-bond donors (Lipinski definition) is 1. The van der Waals surface area contributed by atoms with E-state index in [4.69, 9.17) is 0 Å². The molecule has 1 amide bonds. The molecule has 0 atom stereocenters. The number of nitrogens with zero attached hydrogens (tertiary/aromatic N) is 2. The van der Waals surface area contributed by atoms with Gasteiger partial charge < -0.3 is 5.32 Å². The van der Waals surface area contributed by atoms with E-state index in [9.17, 15) is 9.59 Å². The van der Waals surface area contributed by atoms with Crippen molar-refractivity contribution in [1.82, 2.24) is 9.55 Å². The Morgan fingerprint density at radius 2 is 2.20 bits per heavy atom. The molecule has 1 N–H and O–H groups in total. The Balaban J connectivity index is 1.79. The number of aromatic nitrogens is 2. The molecule has 0 aliphatic rings. The number of amides is 1. The van der Waals surface area contributed by atoms with Crippen LogP contribution < -0.4 is 10.9 Å². The van der Waals surface area contributed by atoms with Gasteiger partial charge in [0.15, 0.2) is 5.16 Å². The molecule has 0 saturated heterocycles. The highest BCUT2D eigenvalue weighted by Crippen LogP contribution is 2.22. The van der Waals surface area contributed by atoms with Crippen LogP contribution in [0, 0.1) is 6.92 Å². The number of rotatable bonds is 6. The summed E-state index contributed by atoms with van der Waals surface area (Å²) in [4.78, 5) is 30.0. The van der Waals surface area contributed by atoms with Crippen LogP contribution in [0.25, 0.3) is 10.2 Å². The third-order valence-corrected chi connectivity index (χ3v) is 5.39. The monoisotopic (exact) mass is 371 g/mol. The lowest BCUT2D eigenvalue weighted by Gasteiger charge is -2.11. The van der Waals surface area contributed by atoms with Crippen molar-refractivity contribution in [3.05, 3.63) is 64.3 Å². The third kappa shape index (κ3) is 3.83. The maximum Gasteiger partial charge on any atom is 0.263 e. The molecule has 25 heavy (non-hydrogen) atoms. The van der Waals surface area contributed by atoms with Crippen molar-refractivity contribution in [2.75, 3.05) is 11.1 Å². The van der Waals surface area contributed by atoms with Gasteiger partial charge in [0.05, 0.1) is 11.1 Å². The maximum atomic E-state index is 12.5. The van der Waals surface area contributed by atoms with Gasteiger partial charge in [-0.1, -0.05) is 36.0 Å². The third-order valence-electron chi connectivity index (χ3n) is 3.61. The smallest absolute Gasteiger partial charge is 0.263 e. The molecule has 0 aliphatic carbocycles. The number of thioether (sulfide) groups is 1. The number of anilines is 1. The minimum Gasteiger partial charge on any atom is -0.325 e. The molecule has 3 aromatic rings. The summed E-state index contributed by atoms with van der Waals surface area (Å²) in [7, 11) is 0. The summed E-state index contributed by atoms with van der Waals surface area (Å²) >= 11 is 2.67. The van der Waals surface area contributed by atoms with Gasteiger partial charge >= 0.3 is 0 Å². The molecule has 1 aromatic carbocycles. The second kappa shape index (κ2) is 7.67. The number of hydrogen-bond acceptors (Lipinski definition) is 5. The Labute approximate surface area is 153 Å². The zero-order valence-electron chi connectivity index (χ0n) is 13.7. The molecule has 7 heteroatoms. The van der Waals surface area contributed by atoms with Crippen molar-refractivity contribution in [3.63, 3.8) is 0 Å². The normalized spacial score (nSPS) is 10.8. The van der Waals surface area contributed by atoms with Crippen LogP contribution in [0.5, 0.6) is 0 Å². The van der Waals surface area contributed by atoms with E-state index in [-0.39, 0.29) is 17.2 Å². The second-order valence-corrected chi connectivity index (χ2v) is 7.23. The van der Waals surface area contributed by atoms with Gasteiger partial charge in [-0.15, -0.1) is 17.9 Å². The summed E-state index contributed by atoms with van der Waals surface area (Å²) < 4.78 is 1.55. The molecule has 0 bridgehead atoms. The number of para-hydroxylation sites is 1. The Morgan fingerprint density at radius 1 is 1.40 bits per heavy atom. The molecule has 128 valence electrons. The number of benzene rings is 1. The van der Waals surface area contributed by atoms with Gasteiger partial charge in [0.25, 0.3) is 5.56 Å². The molecule has 3 rings (SSSR count). The average Bonchev–Trinajstić information content (AvgIpc) is 3.07. The summed E-state index contributed by atoms with van der Waals surface area (Å²) in [5.74, 6) is 0.0411. The van der Waals surface area contributed by atoms with E-state index < -0.39 is 0 Å². The Kier molecular flexibility index (Phi) is 5.35. The number of thiophene rings is 1. The number of carbonyl (C=O) groups excluding carboxylic acids is 1. The molecule has 0 fully saturated rings. The second-order valence-electron chi connectivity index (χ2n) is 5.39. The first-order chi connectivity index (χ1) is 12.1. The maximum absolute atomic E-state index is 12.5. The fourth-order valence-corrected chi connectivity index (χ4v) is 3.97. The molecular weight excluding hydrogens is 354 g/mol. The molecule has 2 heterocycles.